The molecule has 0 saturated carbocycles. The molecule has 0 aliphatic heterocycles. The molecule has 0 saturated heterocycles. The molecule has 0 heterocycles. The second kappa shape index (κ2) is 7.24. The third kappa shape index (κ3) is 6.47. The third-order valence-electron chi connectivity index (χ3n) is 3.29. The minimum Gasteiger partial charge on any atom is -0.481 e. The molecule has 0 bridgehead atoms. The molecular formula is C13H26N2O3. The average molecular weight is 258 g/mol. The lowest BCUT2D eigenvalue weighted by atomic mass is 9.90. The van der Waals surface area contributed by atoms with Crippen LogP contribution in [-0.2, 0) is 4.79 Å². The van der Waals surface area contributed by atoms with Crippen molar-refractivity contribution in [3.8, 4) is 0 Å². The molecule has 5 nitrogen and oxygen atoms in total. The van der Waals surface area contributed by atoms with Gasteiger partial charge in [0.15, 0.2) is 0 Å². The minimum atomic E-state index is -0.876. The Morgan fingerprint density at radius 2 is 1.78 bits per heavy atom. The summed E-state index contributed by atoms with van der Waals surface area (Å²) in [5.41, 5.74) is 0.0571. The van der Waals surface area contributed by atoms with Crippen molar-refractivity contribution in [2.75, 3.05) is 13.1 Å². The van der Waals surface area contributed by atoms with E-state index in [2.05, 4.69) is 31.4 Å². The van der Waals surface area contributed by atoms with Crippen molar-refractivity contribution >= 4 is 12.0 Å². The third-order valence-corrected chi connectivity index (χ3v) is 3.29. The Kier molecular flexibility index (Phi) is 6.73. The minimum absolute atomic E-state index is 0.00474. The lowest BCUT2D eigenvalue weighted by molar-refractivity contribution is -0.142. The Morgan fingerprint density at radius 1 is 1.22 bits per heavy atom. The van der Waals surface area contributed by atoms with Crippen LogP contribution in [0, 0.1) is 17.3 Å². The van der Waals surface area contributed by atoms with Gasteiger partial charge in [0.25, 0.3) is 0 Å². The van der Waals surface area contributed by atoms with Gasteiger partial charge in [-0.1, -0.05) is 34.6 Å². The van der Waals surface area contributed by atoms with Crippen LogP contribution in [0.1, 0.15) is 41.0 Å². The van der Waals surface area contributed by atoms with Crippen molar-refractivity contribution in [2.45, 2.75) is 41.0 Å². The zero-order valence-corrected chi connectivity index (χ0v) is 12.0. The molecule has 0 aromatic heterocycles. The molecule has 5 heteroatoms. The van der Waals surface area contributed by atoms with Gasteiger partial charge in [-0.3, -0.25) is 4.79 Å². The molecule has 0 aliphatic rings. The van der Waals surface area contributed by atoms with Gasteiger partial charge < -0.3 is 15.7 Å². The molecule has 1 atom stereocenters. The molecule has 3 N–H and O–H groups in total. The van der Waals surface area contributed by atoms with E-state index >= 15 is 0 Å². The van der Waals surface area contributed by atoms with E-state index in [0.29, 0.717) is 6.54 Å². The van der Waals surface area contributed by atoms with Crippen molar-refractivity contribution in [1.29, 1.82) is 0 Å². The van der Waals surface area contributed by atoms with Crippen molar-refractivity contribution in [1.82, 2.24) is 10.6 Å². The fraction of sp³-hybridized carbons (Fsp3) is 0.846. The quantitative estimate of drug-likeness (QED) is 0.654. The monoisotopic (exact) mass is 258 g/mol. The number of aliphatic carboxylic acids is 1. The maximum absolute atomic E-state index is 11.5. The zero-order valence-electron chi connectivity index (χ0n) is 12.0. The smallest absolute Gasteiger partial charge is 0.314 e. The van der Waals surface area contributed by atoms with E-state index in [4.69, 9.17) is 5.11 Å². The highest BCUT2D eigenvalue weighted by molar-refractivity contribution is 5.75. The second-order valence-electron chi connectivity index (χ2n) is 5.77. The maximum Gasteiger partial charge on any atom is 0.314 e. The van der Waals surface area contributed by atoms with Crippen LogP contribution in [0.2, 0.25) is 0 Å². The molecule has 0 aromatic rings. The summed E-state index contributed by atoms with van der Waals surface area (Å²) < 4.78 is 0. The van der Waals surface area contributed by atoms with Gasteiger partial charge in [-0.15, -0.1) is 0 Å². The average Bonchev–Trinajstić information content (AvgIpc) is 2.26. The first-order valence-corrected chi connectivity index (χ1v) is 6.44. The zero-order chi connectivity index (χ0) is 14.3. The highest BCUT2D eigenvalue weighted by Gasteiger charge is 2.22. The number of amides is 2. The highest BCUT2D eigenvalue weighted by Crippen LogP contribution is 2.17. The van der Waals surface area contributed by atoms with Crippen molar-refractivity contribution in [3.63, 3.8) is 0 Å². The number of hydrogen-bond donors (Lipinski definition) is 3. The van der Waals surface area contributed by atoms with E-state index < -0.39 is 11.9 Å². The first-order valence-electron chi connectivity index (χ1n) is 6.44. The Bertz CT molecular complexity index is 288. The van der Waals surface area contributed by atoms with Crippen LogP contribution >= 0.6 is 0 Å². The van der Waals surface area contributed by atoms with Crippen LogP contribution in [0.5, 0.6) is 0 Å². The van der Waals surface area contributed by atoms with E-state index in [-0.39, 0.29) is 23.9 Å². The Labute approximate surface area is 109 Å². The topological polar surface area (TPSA) is 78.4 Å². The molecule has 106 valence electrons. The molecular weight excluding hydrogens is 232 g/mol. The molecule has 0 radical (unpaired) electrons. The van der Waals surface area contributed by atoms with Gasteiger partial charge in [0, 0.05) is 13.1 Å². The lowest BCUT2D eigenvalue weighted by Crippen LogP contribution is -2.44. The maximum atomic E-state index is 11.5. The standard InChI is InChI=1S/C13H26N2O3/c1-6-13(4,5)8-15-12(18)14-7-10(9(2)3)11(16)17/h9-10H,6-8H2,1-5H3,(H,16,17)(H2,14,15,18). The molecule has 0 aromatic carbocycles. The van der Waals surface area contributed by atoms with Gasteiger partial charge in [0.1, 0.15) is 0 Å². The number of carboxylic acids is 1. The van der Waals surface area contributed by atoms with E-state index in [1.54, 1.807) is 0 Å². The van der Waals surface area contributed by atoms with Crippen molar-refractivity contribution in [2.24, 2.45) is 17.3 Å². The summed E-state index contributed by atoms with van der Waals surface area (Å²) in [7, 11) is 0. The summed E-state index contributed by atoms with van der Waals surface area (Å²) in [5, 5.41) is 14.4. The van der Waals surface area contributed by atoms with Crippen LogP contribution in [0.4, 0.5) is 4.79 Å². The van der Waals surface area contributed by atoms with Crippen molar-refractivity contribution in [3.05, 3.63) is 0 Å². The number of urea groups is 1. The van der Waals surface area contributed by atoms with Gasteiger partial charge >= 0.3 is 12.0 Å². The van der Waals surface area contributed by atoms with Gasteiger partial charge in [0.2, 0.25) is 0 Å². The fourth-order valence-electron chi connectivity index (χ4n) is 1.32. The molecule has 18 heavy (non-hydrogen) atoms. The van der Waals surface area contributed by atoms with Gasteiger partial charge in [-0.05, 0) is 17.8 Å². The Balaban J connectivity index is 4.07. The van der Waals surface area contributed by atoms with Gasteiger partial charge in [-0.2, -0.15) is 0 Å². The number of hydrogen-bond acceptors (Lipinski definition) is 2. The predicted octanol–water partition coefficient (Wildman–Crippen LogP) is 2.08. The van der Waals surface area contributed by atoms with Crippen molar-refractivity contribution < 1.29 is 14.7 Å². The summed E-state index contributed by atoms with van der Waals surface area (Å²) in [6.45, 7) is 10.6. The predicted molar refractivity (Wildman–Crippen MR) is 71.4 cm³/mol. The first kappa shape index (κ1) is 16.7. The normalized spacial score (nSPS) is 13.2. The van der Waals surface area contributed by atoms with Crippen LogP contribution in [0.25, 0.3) is 0 Å². The number of carbonyl (C=O) groups is 2. The van der Waals surface area contributed by atoms with E-state index in [9.17, 15) is 9.59 Å². The largest absolute Gasteiger partial charge is 0.481 e. The van der Waals surface area contributed by atoms with Crippen LogP contribution in [0.3, 0.4) is 0 Å². The second-order valence-corrected chi connectivity index (χ2v) is 5.77. The molecule has 0 rings (SSSR count). The number of rotatable bonds is 7. The summed E-state index contributed by atoms with van der Waals surface area (Å²) in [5.74, 6) is -1.43. The molecule has 1 unspecified atom stereocenters. The van der Waals surface area contributed by atoms with Gasteiger partial charge in [0.05, 0.1) is 5.92 Å². The summed E-state index contributed by atoms with van der Waals surface area (Å²) >= 11 is 0. The highest BCUT2D eigenvalue weighted by atomic mass is 16.4. The lowest BCUT2D eigenvalue weighted by Gasteiger charge is -2.23. The Morgan fingerprint density at radius 3 is 2.17 bits per heavy atom. The van der Waals surface area contributed by atoms with E-state index in [1.165, 1.54) is 0 Å². The molecule has 0 aliphatic carbocycles. The van der Waals surface area contributed by atoms with Crippen LogP contribution in [-0.4, -0.2) is 30.2 Å². The summed E-state index contributed by atoms with van der Waals surface area (Å²) in [6, 6.07) is -0.302. The van der Waals surface area contributed by atoms with E-state index in [0.717, 1.165) is 6.42 Å². The van der Waals surface area contributed by atoms with E-state index in [1.807, 2.05) is 13.8 Å². The number of carbonyl (C=O) groups excluding carboxylic acids is 1. The van der Waals surface area contributed by atoms with Crippen LogP contribution < -0.4 is 10.6 Å². The number of carboxylic acid groups (broad SMARTS) is 1. The summed E-state index contributed by atoms with van der Waals surface area (Å²) in [6.07, 6.45) is 0.969. The van der Waals surface area contributed by atoms with Crippen LogP contribution in [0.15, 0.2) is 0 Å². The molecule has 0 spiro atoms. The SMILES string of the molecule is CCC(C)(C)CNC(=O)NCC(C(=O)O)C(C)C. The van der Waals surface area contributed by atoms with Gasteiger partial charge in [-0.25, -0.2) is 4.79 Å². The number of nitrogens with one attached hydrogen (secondary N) is 2. The Hall–Kier alpha value is -1.26. The fourth-order valence-corrected chi connectivity index (χ4v) is 1.32. The first-order chi connectivity index (χ1) is 8.19. The molecule has 0 fully saturated rings. The summed E-state index contributed by atoms with van der Waals surface area (Å²) in [4.78, 5) is 22.5. The molecule has 2 amide bonds.